The number of hydrogen-bond donors (Lipinski definition) is 0. The summed E-state index contributed by atoms with van der Waals surface area (Å²) < 4.78 is 6.05. The predicted octanol–water partition coefficient (Wildman–Crippen LogP) is 9.01. The molecule has 3 nitrogen and oxygen atoms in total. The Labute approximate surface area is 225 Å². The van der Waals surface area contributed by atoms with Crippen molar-refractivity contribution in [1.82, 2.24) is 4.98 Å². The summed E-state index contributed by atoms with van der Waals surface area (Å²) in [5.41, 5.74) is 9.16. The van der Waals surface area contributed by atoms with Crippen LogP contribution in [0.25, 0.3) is 66.7 Å². The Morgan fingerprint density at radius 3 is 1.85 bits per heavy atom. The lowest BCUT2D eigenvalue weighted by Crippen LogP contribution is -2.02. The van der Waals surface area contributed by atoms with Gasteiger partial charge in [-0.1, -0.05) is 103 Å². The minimum Gasteiger partial charge on any atom is -0.456 e. The van der Waals surface area contributed by atoms with Gasteiger partial charge in [-0.3, -0.25) is 4.79 Å². The fourth-order valence-electron chi connectivity index (χ4n) is 5.15. The first-order valence-corrected chi connectivity index (χ1v) is 12.9. The van der Waals surface area contributed by atoms with Crippen molar-refractivity contribution < 1.29 is 4.42 Å². The predicted molar refractivity (Wildman–Crippen MR) is 160 cm³/mol. The zero-order valence-electron chi connectivity index (χ0n) is 21.0. The van der Waals surface area contributed by atoms with Crippen LogP contribution in [0.3, 0.4) is 0 Å². The van der Waals surface area contributed by atoms with Crippen LogP contribution in [0.5, 0.6) is 0 Å². The Balaban J connectivity index is 1.44. The third-order valence-corrected chi connectivity index (χ3v) is 7.09. The highest BCUT2D eigenvalue weighted by Crippen LogP contribution is 2.36. The highest BCUT2D eigenvalue weighted by Gasteiger charge is 2.15. The normalized spacial score (nSPS) is 11.2. The molecule has 5 aromatic carbocycles. The molecule has 0 atom stereocenters. The van der Waals surface area contributed by atoms with E-state index in [0.29, 0.717) is 21.9 Å². The van der Waals surface area contributed by atoms with Crippen molar-refractivity contribution in [2.24, 2.45) is 0 Å². The molecule has 39 heavy (non-hydrogen) atoms. The van der Waals surface area contributed by atoms with Gasteiger partial charge in [0.25, 0.3) is 0 Å². The Morgan fingerprint density at radius 2 is 1.05 bits per heavy atom. The van der Waals surface area contributed by atoms with Crippen molar-refractivity contribution in [1.29, 1.82) is 0 Å². The fourth-order valence-corrected chi connectivity index (χ4v) is 5.15. The topological polar surface area (TPSA) is 43.1 Å². The molecule has 3 heteroatoms. The van der Waals surface area contributed by atoms with Gasteiger partial charge in [-0.05, 0) is 58.7 Å². The monoisotopic (exact) mass is 501 g/mol. The lowest BCUT2D eigenvalue weighted by atomic mass is 9.94. The van der Waals surface area contributed by atoms with Crippen LogP contribution < -0.4 is 5.43 Å². The number of hydrogen-bond acceptors (Lipinski definition) is 3. The van der Waals surface area contributed by atoms with Crippen LogP contribution in [-0.2, 0) is 0 Å². The number of para-hydroxylation sites is 1. The SMILES string of the molecule is O=c1c2ccccc2oc2ccc(-c3ccccc3-c3cc(-c4ccccc4)cc(-c4ccccc4)n3)cc12. The van der Waals surface area contributed by atoms with E-state index in [-0.39, 0.29) is 5.43 Å². The first-order valence-electron chi connectivity index (χ1n) is 12.9. The van der Waals surface area contributed by atoms with E-state index in [4.69, 9.17) is 9.40 Å². The highest BCUT2D eigenvalue weighted by atomic mass is 16.3. The van der Waals surface area contributed by atoms with Gasteiger partial charge in [-0.25, -0.2) is 4.98 Å². The second-order valence-electron chi connectivity index (χ2n) is 9.54. The summed E-state index contributed by atoms with van der Waals surface area (Å²) in [7, 11) is 0. The Kier molecular flexibility index (Phi) is 5.60. The Hall–Kier alpha value is -5.28. The van der Waals surface area contributed by atoms with Crippen molar-refractivity contribution in [2.75, 3.05) is 0 Å². The highest BCUT2D eigenvalue weighted by molar-refractivity contribution is 5.94. The van der Waals surface area contributed by atoms with Crippen LogP contribution >= 0.6 is 0 Å². The molecule has 2 heterocycles. The largest absolute Gasteiger partial charge is 0.456 e. The van der Waals surface area contributed by atoms with Crippen molar-refractivity contribution in [3.8, 4) is 44.8 Å². The van der Waals surface area contributed by atoms with Crippen LogP contribution in [0.2, 0.25) is 0 Å². The molecular formula is C36H23NO2. The molecule has 0 aliphatic heterocycles. The Bertz CT molecular complexity index is 1970. The summed E-state index contributed by atoms with van der Waals surface area (Å²) in [6.07, 6.45) is 0. The van der Waals surface area contributed by atoms with Gasteiger partial charge in [-0.2, -0.15) is 0 Å². The third-order valence-electron chi connectivity index (χ3n) is 7.09. The van der Waals surface area contributed by atoms with E-state index < -0.39 is 0 Å². The first kappa shape index (κ1) is 22.9. The average molecular weight is 502 g/mol. The van der Waals surface area contributed by atoms with Crippen molar-refractivity contribution in [3.05, 3.63) is 150 Å². The van der Waals surface area contributed by atoms with Crippen LogP contribution in [0.4, 0.5) is 0 Å². The zero-order valence-corrected chi connectivity index (χ0v) is 21.0. The molecule has 0 aliphatic carbocycles. The van der Waals surface area contributed by atoms with Crippen molar-refractivity contribution in [3.63, 3.8) is 0 Å². The standard InChI is InChI=1S/C36H23NO2/c38-36-30-17-9-10-18-34(30)39-35-20-19-26(21-31(35)36)28-15-7-8-16-29(28)33-23-27(24-11-3-1-4-12-24)22-32(37-33)25-13-5-2-6-14-25/h1-23H. The van der Waals surface area contributed by atoms with Gasteiger partial charge in [0.15, 0.2) is 0 Å². The smallest absolute Gasteiger partial charge is 0.200 e. The average Bonchev–Trinajstić information content (AvgIpc) is 3.02. The van der Waals surface area contributed by atoms with Gasteiger partial charge in [0, 0.05) is 11.1 Å². The summed E-state index contributed by atoms with van der Waals surface area (Å²) >= 11 is 0. The molecule has 7 aromatic rings. The van der Waals surface area contributed by atoms with E-state index in [1.54, 1.807) is 0 Å². The molecule has 0 amide bonds. The quantitative estimate of drug-likeness (QED) is 0.226. The van der Waals surface area contributed by atoms with Gasteiger partial charge >= 0.3 is 0 Å². The number of pyridine rings is 1. The first-order chi connectivity index (χ1) is 19.2. The minimum absolute atomic E-state index is 0.0262. The van der Waals surface area contributed by atoms with Gasteiger partial charge in [0.05, 0.1) is 22.2 Å². The summed E-state index contributed by atoms with van der Waals surface area (Å²) in [6, 6.07) is 46.3. The number of rotatable bonds is 4. The van der Waals surface area contributed by atoms with Crippen molar-refractivity contribution >= 4 is 21.9 Å². The van der Waals surface area contributed by atoms with Crippen LogP contribution in [-0.4, -0.2) is 4.98 Å². The van der Waals surface area contributed by atoms with E-state index in [1.807, 2.05) is 78.9 Å². The third kappa shape index (κ3) is 4.20. The maximum absolute atomic E-state index is 13.4. The maximum atomic E-state index is 13.4. The molecule has 0 saturated carbocycles. The molecule has 7 rings (SSSR count). The second kappa shape index (κ2) is 9.55. The van der Waals surface area contributed by atoms with E-state index in [9.17, 15) is 4.79 Å². The summed E-state index contributed by atoms with van der Waals surface area (Å²) in [4.78, 5) is 18.5. The molecule has 0 saturated heterocycles. The van der Waals surface area contributed by atoms with E-state index in [2.05, 4.69) is 60.7 Å². The molecule has 0 unspecified atom stereocenters. The molecule has 0 bridgehead atoms. The number of benzene rings is 5. The van der Waals surface area contributed by atoms with Crippen LogP contribution in [0, 0.1) is 0 Å². The number of nitrogens with zero attached hydrogens (tertiary/aromatic N) is 1. The molecular weight excluding hydrogens is 478 g/mol. The number of aromatic nitrogens is 1. The van der Waals surface area contributed by atoms with Gasteiger partial charge in [0.2, 0.25) is 5.43 Å². The minimum atomic E-state index is -0.0262. The molecule has 0 N–H and O–H groups in total. The van der Waals surface area contributed by atoms with Gasteiger partial charge in [-0.15, -0.1) is 0 Å². The summed E-state index contributed by atoms with van der Waals surface area (Å²) in [6.45, 7) is 0. The lowest BCUT2D eigenvalue weighted by molar-refractivity contribution is 0.660. The zero-order chi connectivity index (χ0) is 26.2. The van der Waals surface area contributed by atoms with E-state index in [1.165, 1.54) is 0 Å². The lowest BCUT2D eigenvalue weighted by Gasteiger charge is -2.14. The van der Waals surface area contributed by atoms with Gasteiger partial charge in [0.1, 0.15) is 11.2 Å². The summed E-state index contributed by atoms with van der Waals surface area (Å²) in [5.74, 6) is 0. The summed E-state index contributed by atoms with van der Waals surface area (Å²) in [5, 5.41) is 1.15. The van der Waals surface area contributed by atoms with Crippen LogP contribution in [0.15, 0.2) is 149 Å². The second-order valence-corrected chi connectivity index (χ2v) is 9.54. The van der Waals surface area contributed by atoms with Crippen LogP contribution in [0.1, 0.15) is 0 Å². The van der Waals surface area contributed by atoms with Crippen molar-refractivity contribution in [2.45, 2.75) is 0 Å². The molecule has 0 fully saturated rings. The molecule has 0 aliphatic rings. The molecule has 0 radical (unpaired) electrons. The maximum Gasteiger partial charge on any atom is 0.200 e. The molecule has 184 valence electrons. The fraction of sp³-hybridized carbons (Fsp3) is 0. The molecule has 0 spiro atoms. The Morgan fingerprint density at radius 1 is 0.436 bits per heavy atom. The molecule has 2 aromatic heterocycles. The van der Waals surface area contributed by atoms with E-state index in [0.717, 1.165) is 44.8 Å². The number of fused-ring (bicyclic) bond motifs is 2. The van der Waals surface area contributed by atoms with Gasteiger partial charge < -0.3 is 4.42 Å². The van der Waals surface area contributed by atoms with E-state index >= 15 is 0 Å².